The molecular formula is C17H22ClN3O3. The van der Waals surface area contributed by atoms with Crippen LogP contribution in [0.25, 0.3) is 0 Å². The number of ketones is 1. The molecule has 0 radical (unpaired) electrons. The number of rotatable bonds is 6. The van der Waals surface area contributed by atoms with Crippen LogP contribution >= 0.6 is 11.6 Å². The Morgan fingerprint density at radius 2 is 2.33 bits per heavy atom. The Hall–Kier alpha value is -2.08. The standard InChI is InChI=1S/C17H22ClN3O3/c1-4-14(20-24-7-5-6-18)17-15(22)8-12(9-16(17)23)13-10-21(3)19-11(13)2/h5-6,10,12,22H,4,7-9H2,1-3H3. The van der Waals surface area contributed by atoms with Crippen LogP contribution in [-0.4, -0.2) is 33.0 Å². The highest BCUT2D eigenvalue weighted by atomic mass is 35.5. The Balaban J connectivity index is 2.23. The Bertz CT molecular complexity index is 704. The second-order valence-corrected chi connectivity index (χ2v) is 5.99. The highest BCUT2D eigenvalue weighted by molar-refractivity contribution is 6.25. The lowest BCUT2D eigenvalue weighted by molar-refractivity contribution is -0.116. The number of hydrogen-bond donors (Lipinski definition) is 1. The lowest BCUT2D eigenvalue weighted by Gasteiger charge is -2.23. The molecular weight excluding hydrogens is 330 g/mol. The number of Topliss-reactive ketones (excluding diaryl/α,β-unsaturated/α-hetero) is 1. The molecule has 0 saturated carbocycles. The number of aliphatic hydroxyl groups excluding tert-OH is 1. The normalized spacial score (nSPS) is 19.4. The molecule has 1 aliphatic rings. The number of carbonyl (C=O) groups excluding carboxylic acids is 1. The molecule has 130 valence electrons. The zero-order chi connectivity index (χ0) is 17.7. The van der Waals surface area contributed by atoms with E-state index in [1.54, 1.807) is 10.8 Å². The highest BCUT2D eigenvalue weighted by Crippen LogP contribution is 2.35. The average molecular weight is 352 g/mol. The molecule has 1 atom stereocenters. The summed E-state index contributed by atoms with van der Waals surface area (Å²) in [6.07, 6.45) is 4.71. The van der Waals surface area contributed by atoms with Crippen molar-refractivity contribution in [2.45, 2.75) is 39.0 Å². The van der Waals surface area contributed by atoms with Crippen LogP contribution in [0, 0.1) is 6.92 Å². The molecule has 0 saturated heterocycles. The lowest BCUT2D eigenvalue weighted by Crippen LogP contribution is -2.24. The van der Waals surface area contributed by atoms with Gasteiger partial charge >= 0.3 is 0 Å². The van der Waals surface area contributed by atoms with Gasteiger partial charge in [-0.15, -0.1) is 0 Å². The fourth-order valence-corrected chi connectivity index (χ4v) is 3.01. The number of oxime groups is 1. The molecule has 0 aliphatic heterocycles. The topological polar surface area (TPSA) is 76.7 Å². The molecule has 0 fully saturated rings. The highest BCUT2D eigenvalue weighted by Gasteiger charge is 2.32. The van der Waals surface area contributed by atoms with Crippen LogP contribution in [0.4, 0.5) is 0 Å². The van der Waals surface area contributed by atoms with E-state index in [0.29, 0.717) is 25.0 Å². The predicted octanol–water partition coefficient (Wildman–Crippen LogP) is 3.52. The molecule has 0 bridgehead atoms. The monoisotopic (exact) mass is 351 g/mol. The summed E-state index contributed by atoms with van der Waals surface area (Å²) in [5.74, 6) is -0.117. The number of aryl methyl sites for hydroxylation is 2. The van der Waals surface area contributed by atoms with Crippen LogP contribution in [-0.2, 0) is 16.7 Å². The van der Waals surface area contributed by atoms with E-state index in [1.165, 1.54) is 5.54 Å². The minimum absolute atomic E-state index is 0.0619. The molecule has 1 heterocycles. The first-order valence-corrected chi connectivity index (χ1v) is 8.31. The number of aliphatic hydroxyl groups is 1. The zero-order valence-corrected chi connectivity index (χ0v) is 14.9. The summed E-state index contributed by atoms with van der Waals surface area (Å²) in [7, 11) is 1.84. The summed E-state index contributed by atoms with van der Waals surface area (Å²) in [6.45, 7) is 3.99. The molecule has 7 heteroatoms. The van der Waals surface area contributed by atoms with Crippen molar-refractivity contribution in [1.82, 2.24) is 9.78 Å². The Labute approximate surface area is 146 Å². The van der Waals surface area contributed by atoms with Crippen LogP contribution in [0.15, 0.2) is 34.3 Å². The first-order valence-electron chi connectivity index (χ1n) is 7.87. The first kappa shape index (κ1) is 18.3. The van der Waals surface area contributed by atoms with Crippen molar-refractivity contribution in [2.24, 2.45) is 12.2 Å². The van der Waals surface area contributed by atoms with Crippen molar-refractivity contribution < 1.29 is 14.7 Å². The predicted molar refractivity (Wildman–Crippen MR) is 93.3 cm³/mol. The second kappa shape index (κ2) is 8.15. The molecule has 6 nitrogen and oxygen atoms in total. The smallest absolute Gasteiger partial charge is 0.168 e. The fourth-order valence-electron chi connectivity index (χ4n) is 2.94. The molecule has 1 aromatic heterocycles. The number of hydrogen-bond acceptors (Lipinski definition) is 5. The van der Waals surface area contributed by atoms with Gasteiger partial charge in [-0.2, -0.15) is 5.10 Å². The van der Waals surface area contributed by atoms with Crippen molar-refractivity contribution in [1.29, 1.82) is 0 Å². The lowest BCUT2D eigenvalue weighted by atomic mass is 9.81. The molecule has 0 aromatic carbocycles. The van der Waals surface area contributed by atoms with Crippen molar-refractivity contribution >= 4 is 23.1 Å². The maximum atomic E-state index is 12.6. The number of allylic oxidation sites excluding steroid dienone is 2. The average Bonchev–Trinajstić information content (AvgIpc) is 2.87. The third kappa shape index (κ3) is 4.06. The van der Waals surface area contributed by atoms with E-state index < -0.39 is 0 Å². The van der Waals surface area contributed by atoms with Gasteiger partial charge in [0.05, 0.1) is 17.0 Å². The SMILES string of the molecule is CCC(=NOCC=CCl)C1=C(O)CC(c2cn(C)nc2C)CC1=O. The van der Waals surface area contributed by atoms with Crippen molar-refractivity contribution in [2.75, 3.05) is 6.61 Å². The maximum absolute atomic E-state index is 12.6. The van der Waals surface area contributed by atoms with Crippen LogP contribution in [0.1, 0.15) is 43.4 Å². The summed E-state index contributed by atoms with van der Waals surface area (Å²) in [5.41, 5.74) is 3.96. The van der Waals surface area contributed by atoms with Gasteiger partial charge in [0.15, 0.2) is 5.78 Å². The van der Waals surface area contributed by atoms with Crippen LogP contribution in [0.5, 0.6) is 0 Å². The van der Waals surface area contributed by atoms with Gasteiger partial charge in [-0.1, -0.05) is 23.7 Å². The Morgan fingerprint density at radius 3 is 2.88 bits per heavy atom. The zero-order valence-electron chi connectivity index (χ0n) is 14.1. The number of nitrogens with zero attached hydrogens (tertiary/aromatic N) is 3. The molecule has 24 heavy (non-hydrogen) atoms. The number of halogens is 1. The van der Waals surface area contributed by atoms with Gasteiger partial charge < -0.3 is 9.94 Å². The van der Waals surface area contributed by atoms with Crippen molar-refractivity contribution in [3.63, 3.8) is 0 Å². The van der Waals surface area contributed by atoms with Crippen LogP contribution < -0.4 is 0 Å². The van der Waals surface area contributed by atoms with E-state index >= 15 is 0 Å². The Kier molecular flexibility index (Phi) is 6.20. The van der Waals surface area contributed by atoms with Crippen molar-refractivity contribution in [3.05, 3.63) is 40.4 Å². The van der Waals surface area contributed by atoms with E-state index in [-0.39, 0.29) is 29.6 Å². The van der Waals surface area contributed by atoms with Crippen molar-refractivity contribution in [3.8, 4) is 0 Å². The summed E-state index contributed by atoms with van der Waals surface area (Å²) in [4.78, 5) is 17.7. The van der Waals surface area contributed by atoms with E-state index in [4.69, 9.17) is 16.4 Å². The van der Waals surface area contributed by atoms with E-state index in [0.717, 1.165) is 11.3 Å². The molecule has 1 N–H and O–H groups in total. The number of carbonyl (C=O) groups is 1. The quantitative estimate of drug-likeness (QED) is 0.483. The molecule has 0 spiro atoms. The fraction of sp³-hybridized carbons (Fsp3) is 0.471. The summed E-state index contributed by atoms with van der Waals surface area (Å²) >= 11 is 5.42. The third-order valence-corrected chi connectivity index (χ3v) is 4.17. The number of aromatic nitrogens is 2. The largest absolute Gasteiger partial charge is 0.511 e. The van der Waals surface area contributed by atoms with E-state index in [9.17, 15) is 9.90 Å². The third-order valence-electron chi connectivity index (χ3n) is 3.99. The van der Waals surface area contributed by atoms with E-state index in [2.05, 4.69) is 10.3 Å². The molecule has 1 aliphatic carbocycles. The van der Waals surface area contributed by atoms with Gasteiger partial charge in [0.2, 0.25) is 0 Å². The van der Waals surface area contributed by atoms with E-state index in [1.807, 2.05) is 27.1 Å². The molecule has 0 amide bonds. The van der Waals surface area contributed by atoms with Gasteiger partial charge in [-0.25, -0.2) is 0 Å². The van der Waals surface area contributed by atoms with Gasteiger partial charge in [-0.3, -0.25) is 9.48 Å². The summed E-state index contributed by atoms with van der Waals surface area (Å²) in [5, 5.41) is 18.7. The molecule has 1 aromatic rings. The minimum Gasteiger partial charge on any atom is -0.511 e. The minimum atomic E-state index is -0.121. The molecule has 1 unspecified atom stereocenters. The summed E-state index contributed by atoms with van der Waals surface area (Å²) < 4.78 is 1.72. The van der Waals surface area contributed by atoms with Gasteiger partial charge in [0.1, 0.15) is 12.4 Å². The van der Waals surface area contributed by atoms with Gasteiger partial charge in [-0.05, 0) is 25.0 Å². The molecule has 2 rings (SSSR count). The van der Waals surface area contributed by atoms with Gasteiger partial charge in [0.25, 0.3) is 0 Å². The summed E-state index contributed by atoms with van der Waals surface area (Å²) in [6, 6.07) is 0. The van der Waals surface area contributed by atoms with Crippen LogP contribution in [0.3, 0.4) is 0 Å². The second-order valence-electron chi connectivity index (χ2n) is 5.74. The van der Waals surface area contributed by atoms with Crippen LogP contribution in [0.2, 0.25) is 0 Å². The van der Waals surface area contributed by atoms with Gasteiger partial charge in [0, 0.05) is 37.5 Å². The first-order chi connectivity index (χ1) is 11.5. The maximum Gasteiger partial charge on any atom is 0.168 e. The Morgan fingerprint density at radius 1 is 1.58 bits per heavy atom.